The molecular formula is C11H10FNO2. The summed E-state index contributed by atoms with van der Waals surface area (Å²) in [6.07, 6.45) is 0.357. The predicted molar refractivity (Wildman–Crippen MR) is 51.5 cm³/mol. The fourth-order valence-corrected chi connectivity index (χ4v) is 1.17. The van der Waals surface area contributed by atoms with Crippen molar-refractivity contribution in [2.45, 2.75) is 12.8 Å². The Hall–Kier alpha value is -1.89. The summed E-state index contributed by atoms with van der Waals surface area (Å²) in [4.78, 5) is 10.8. The van der Waals surface area contributed by atoms with E-state index in [1.54, 1.807) is 0 Å². The molecule has 0 aliphatic carbocycles. The number of hydrogen-bond acceptors (Lipinski definition) is 3. The minimum atomic E-state index is -0.405. The Bertz CT molecular complexity index is 410. The molecule has 1 rings (SSSR count). The van der Waals surface area contributed by atoms with Crippen LogP contribution in [0.1, 0.15) is 17.5 Å². The molecule has 4 heteroatoms. The van der Waals surface area contributed by atoms with E-state index in [1.807, 2.05) is 6.07 Å². The van der Waals surface area contributed by atoms with Gasteiger partial charge in [-0.3, -0.25) is 4.79 Å². The minimum absolute atomic E-state index is 0.113. The maximum Gasteiger partial charge on any atom is 0.305 e. The molecule has 0 atom stereocenters. The molecular weight excluding hydrogens is 197 g/mol. The number of hydrogen-bond donors (Lipinski definition) is 0. The van der Waals surface area contributed by atoms with Gasteiger partial charge in [-0.25, -0.2) is 4.39 Å². The summed E-state index contributed by atoms with van der Waals surface area (Å²) in [5.74, 6) is -0.797. The Balaban J connectivity index is 2.76. The third-order valence-electron chi connectivity index (χ3n) is 2.00. The van der Waals surface area contributed by atoms with Crippen molar-refractivity contribution in [2.24, 2.45) is 0 Å². The number of carbonyl (C=O) groups is 1. The summed E-state index contributed by atoms with van der Waals surface area (Å²) in [7, 11) is 1.28. The fraction of sp³-hybridized carbons (Fsp3) is 0.273. The summed E-state index contributed by atoms with van der Waals surface area (Å²) < 4.78 is 17.6. The zero-order chi connectivity index (χ0) is 11.3. The third kappa shape index (κ3) is 3.06. The zero-order valence-corrected chi connectivity index (χ0v) is 8.29. The molecule has 0 N–H and O–H groups in total. The summed E-state index contributed by atoms with van der Waals surface area (Å²) >= 11 is 0. The second kappa shape index (κ2) is 5.11. The van der Waals surface area contributed by atoms with Gasteiger partial charge in [0.25, 0.3) is 0 Å². The lowest BCUT2D eigenvalue weighted by Crippen LogP contribution is -2.03. The second-order valence-corrected chi connectivity index (χ2v) is 2.99. The molecule has 1 aromatic rings. The highest BCUT2D eigenvalue weighted by Crippen LogP contribution is 2.12. The van der Waals surface area contributed by atoms with Gasteiger partial charge >= 0.3 is 5.97 Å². The van der Waals surface area contributed by atoms with Gasteiger partial charge in [0.05, 0.1) is 18.7 Å². The normalized spacial score (nSPS) is 9.40. The van der Waals surface area contributed by atoms with Gasteiger partial charge in [0.15, 0.2) is 0 Å². The predicted octanol–water partition coefficient (Wildman–Crippen LogP) is 1.80. The number of methoxy groups -OCH3 is 1. The minimum Gasteiger partial charge on any atom is -0.469 e. The van der Waals surface area contributed by atoms with E-state index in [-0.39, 0.29) is 12.8 Å². The van der Waals surface area contributed by atoms with Crippen LogP contribution in [0.5, 0.6) is 0 Å². The summed E-state index contributed by atoms with van der Waals surface area (Å²) in [6.45, 7) is 0. The van der Waals surface area contributed by atoms with Gasteiger partial charge in [0.2, 0.25) is 0 Å². The number of rotatable bonds is 3. The number of carbonyl (C=O) groups excluding carboxylic acids is 1. The lowest BCUT2D eigenvalue weighted by molar-refractivity contribution is -0.140. The van der Waals surface area contributed by atoms with Crippen molar-refractivity contribution in [3.05, 3.63) is 35.1 Å². The van der Waals surface area contributed by atoms with Crippen molar-refractivity contribution >= 4 is 5.97 Å². The first-order chi connectivity index (χ1) is 7.17. The van der Waals surface area contributed by atoms with E-state index >= 15 is 0 Å². The van der Waals surface area contributed by atoms with Crippen LogP contribution in [0.2, 0.25) is 0 Å². The molecule has 0 unspecified atom stereocenters. The van der Waals surface area contributed by atoms with Gasteiger partial charge in [-0.05, 0) is 30.2 Å². The van der Waals surface area contributed by atoms with Crippen molar-refractivity contribution in [1.82, 2.24) is 0 Å². The number of ether oxygens (including phenoxy) is 1. The summed E-state index contributed by atoms with van der Waals surface area (Å²) in [6, 6.07) is 5.98. The number of aryl methyl sites for hydroxylation is 1. The molecule has 15 heavy (non-hydrogen) atoms. The molecule has 3 nitrogen and oxygen atoms in total. The molecule has 0 radical (unpaired) electrons. The Morgan fingerprint density at radius 1 is 1.60 bits per heavy atom. The first-order valence-electron chi connectivity index (χ1n) is 4.42. The Labute approximate surface area is 87.1 Å². The highest BCUT2D eigenvalue weighted by Gasteiger charge is 2.06. The Kier molecular flexibility index (Phi) is 3.81. The highest BCUT2D eigenvalue weighted by atomic mass is 19.1. The molecule has 0 aromatic heterocycles. The molecule has 0 amide bonds. The number of nitriles is 1. The van der Waals surface area contributed by atoms with Crippen LogP contribution in [0.4, 0.5) is 4.39 Å². The maximum absolute atomic E-state index is 13.2. The number of halogens is 1. The summed E-state index contributed by atoms with van der Waals surface area (Å²) in [5, 5.41) is 8.61. The molecule has 0 heterocycles. The molecule has 0 fully saturated rings. The SMILES string of the molecule is COC(=O)CCc1cc(C#N)ccc1F. The van der Waals surface area contributed by atoms with Gasteiger partial charge in [0.1, 0.15) is 5.82 Å². The molecule has 0 aliphatic heterocycles. The van der Waals surface area contributed by atoms with Crippen molar-refractivity contribution in [1.29, 1.82) is 5.26 Å². The number of nitrogens with zero attached hydrogens (tertiary/aromatic N) is 1. The largest absolute Gasteiger partial charge is 0.469 e. The topological polar surface area (TPSA) is 50.1 Å². The van der Waals surface area contributed by atoms with Crippen molar-refractivity contribution in [3.8, 4) is 6.07 Å². The zero-order valence-electron chi connectivity index (χ0n) is 8.29. The van der Waals surface area contributed by atoms with Crippen LogP contribution in [-0.4, -0.2) is 13.1 Å². The van der Waals surface area contributed by atoms with E-state index in [1.165, 1.54) is 25.3 Å². The average molecular weight is 207 g/mol. The van der Waals surface area contributed by atoms with E-state index in [0.717, 1.165) is 0 Å². The van der Waals surface area contributed by atoms with E-state index in [2.05, 4.69) is 4.74 Å². The molecule has 0 saturated carbocycles. The van der Waals surface area contributed by atoms with Gasteiger partial charge in [-0.1, -0.05) is 0 Å². The van der Waals surface area contributed by atoms with E-state index < -0.39 is 11.8 Å². The van der Waals surface area contributed by atoms with Crippen molar-refractivity contribution in [3.63, 3.8) is 0 Å². The van der Waals surface area contributed by atoms with Crippen LogP contribution >= 0.6 is 0 Å². The van der Waals surface area contributed by atoms with Crippen LogP contribution in [0.3, 0.4) is 0 Å². The number of benzene rings is 1. The molecule has 0 saturated heterocycles. The second-order valence-electron chi connectivity index (χ2n) is 2.99. The van der Waals surface area contributed by atoms with E-state index in [0.29, 0.717) is 11.1 Å². The monoisotopic (exact) mass is 207 g/mol. The van der Waals surface area contributed by atoms with Crippen LogP contribution < -0.4 is 0 Å². The Morgan fingerprint density at radius 2 is 2.33 bits per heavy atom. The lowest BCUT2D eigenvalue weighted by Gasteiger charge is -2.02. The van der Waals surface area contributed by atoms with Gasteiger partial charge in [-0.15, -0.1) is 0 Å². The van der Waals surface area contributed by atoms with Crippen molar-refractivity contribution in [2.75, 3.05) is 7.11 Å². The lowest BCUT2D eigenvalue weighted by atomic mass is 10.1. The van der Waals surface area contributed by atoms with Crippen LogP contribution in [0.25, 0.3) is 0 Å². The first-order valence-corrected chi connectivity index (χ1v) is 4.42. The van der Waals surface area contributed by atoms with E-state index in [4.69, 9.17) is 5.26 Å². The molecule has 0 bridgehead atoms. The van der Waals surface area contributed by atoms with Crippen molar-refractivity contribution < 1.29 is 13.9 Å². The smallest absolute Gasteiger partial charge is 0.305 e. The summed E-state index contributed by atoms with van der Waals surface area (Å²) in [5.41, 5.74) is 0.746. The highest BCUT2D eigenvalue weighted by molar-refractivity contribution is 5.69. The number of esters is 1. The van der Waals surface area contributed by atoms with Crippen LogP contribution in [-0.2, 0) is 16.0 Å². The molecule has 1 aromatic carbocycles. The van der Waals surface area contributed by atoms with Gasteiger partial charge < -0.3 is 4.74 Å². The van der Waals surface area contributed by atoms with Gasteiger partial charge in [0, 0.05) is 6.42 Å². The molecule has 0 aliphatic rings. The standard InChI is InChI=1S/C11H10FNO2/c1-15-11(14)5-3-9-6-8(7-13)2-4-10(9)12/h2,4,6H,3,5H2,1H3. The fourth-order valence-electron chi connectivity index (χ4n) is 1.17. The van der Waals surface area contributed by atoms with Gasteiger partial charge in [-0.2, -0.15) is 5.26 Å². The average Bonchev–Trinajstić information content (AvgIpc) is 2.27. The molecule has 78 valence electrons. The quantitative estimate of drug-likeness (QED) is 0.710. The maximum atomic E-state index is 13.2. The van der Waals surface area contributed by atoms with Crippen LogP contribution in [0, 0.1) is 17.1 Å². The van der Waals surface area contributed by atoms with E-state index in [9.17, 15) is 9.18 Å². The first kappa shape index (κ1) is 11.2. The van der Waals surface area contributed by atoms with Crippen LogP contribution in [0.15, 0.2) is 18.2 Å². The third-order valence-corrected chi connectivity index (χ3v) is 2.00. The Morgan fingerprint density at radius 3 is 2.93 bits per heavy atom. The molecule has 0 spiro atoms.